The summed E-state index contributed by atoms with van der Waals surface area (Å²) >= 11 is 1.52. The molecule has 0 radical (unpaired) electrons. The molecule has 25 heavy (non-hydrogen) atoms. The Balaban J connectivity index is 1.41. The molecule has 0 spiro atoms. The number of hydrogen-bond donors (Lipinski definition) is 2. The maximum absolute atomic E-state index is 13.1. The molecule has 8 heteroatoms. The van der Waals surface area contributed by atoms with Crippen LogP contribution in [0.1, 0.15) is 12.2 Å². The fourth-order valence-corrected chi connectivity index (χ4v) is 3.69. The normalized spacial score (nSPS) is 19.4. The van der Waals surface area contributed by atoms with E-state index < -0.39 is 30.8 Å². The standard InChI is InChI=1S/C17H15F2N3O2S/c18-17(19)7-12(21-9-17)15(23)20-8-10-5-6-13(24-10)16-22-11-3-1-2-4-14(11)25-16/h1-6,12,21H,7-9H2,(H,20,23). The monoisotopic (exact) mass is 363 g/mol. The van der Waals surface area contributed by atoms with Gasteiger partial charge in [0, 0.05) is 6.42 Å². The van der Waals surface area contributed by atoms with Crippen LogP contribution in [-0.2, 0) is 11.3 Å². The van der Waals surface area contributed by atoms with Gasteiger partial charge >= 0.3 is 0 Å². The van der Waals surface area contributed by atoms with E-state index in [-0.39, 0.29) is 6.54 Å². The molecule has 1 fully saturated rings. The number of thiazole rings is 1. The van der Waals surface area contributed by atoms with Crippen molar-refractivity contribution in [2.45, 2.75) is 24.9 Å². The number of furan rings is 1. The van der Waals surface area contributed by atoms with Gasteiger partial charge < -0.3 is 9.73 Å². The Morgan fingerprint density at radius 3 is 2.96 bits per heavy atom. The Morgan fingerprint density at radius 2 is 2.20 bits per heavy atom. The number of carbonyl (C=O) groups is 1. The summed E-state index contributed by atoms with van der Waals surface area (Å²) in [5.41, 5.74) is 0.905. The summed E-state index contributed by atoms with van der Waals surface area (Å²) in [6.45, 7) is -0.318. The van der Waals surface area contributed by atoms with E-state index in [2.05, 4.69) is 15.6 Å². The molecule has 2 aromatic heterocycles. The molecule has 3 heterocycles. The zero-order valence-corrected chi connectivity index (χ0v) is 13.9. The van der Waals surface area contributed by atoms with Crippen LogP contribution < -0.4 is 10.6 Å². The molecule has 1 aliphatic rings. The minimum atomic E-state index is -2.83. The van der Waals surface area contributed by atoms with E-state index in [0.29, 0.717) is 11.5 Å². The second kappa shape index (κ2) is 6.20. The fourth-order valence-electron chi connectivity index (χ4n) is 2.76. The number of hydrogen-bond acceptors (Lipinski definition) is 5. The number of carbonyl (C=O) groups excluding carboxylic acids is 1. The molecule has 130 valence electrons. The van der Waals surface area contributed by atoms with E-state index in [1.54, 1.807) is 12.1 Å². The first-order chi connectivity index (χ1) is 12.0. The highest BCUT2D eigenvalue weighted by Gasteiger charge is 2.42. The summed E-state index contributed by atoms with van der Waals surface area (Å²) in [6.07, 6.45) is -0.478. The molecule has 4 rings (SSSR count). The van der Waals surface area contributed by atoms with E-state index in [0.717, 1.165) is 15.2 Å². The van der Waals surface area contributed by atoms with Crippen LogP contribution in [0.25, 0.3) is 21.0 Å². The average molecular weight is 363 g/mol. The molecular weight excluding hydrogens is 348 g/mol. The number of benzene rings is 1. The summed E-state index contributed by atoms with van der Waals surface area (Å²) < 4.78 is 33.0. The van der Waals surface area contributed by atoms with Crippen molar-refractivity contribution in [3.05, 3.63) is 42.2 Å². The smallest absolute Gasteiger partial charge is 0.262 e. The van der Waals surface area contributed by atoms with Gasteiger partial charge in [0.05, 0.1) is 29.3 Å². The lowest BCUT2D eigenvalue weighted by atomic mass is 10.2. The number of alkyl halides is 2. The summed E-state index contributed by atoms with van der Waals surface area (Å²) in [4.78, 5) is 16.5. The maximum atomic E-state index is 13.1. The number of fused-ring (bicyclic) bond motifs is 1. The van der Waals surface area contributed by atoms with Gasteiger partial charge in [-0.2, -0.15) is 0 Å². The first-order valence-corrected chi connectivity index (χ1v) is 8.65. The molecule has 1 amide bonds. The first kappa shape index (κ1) is 16.2. The van der Waals surface area contributed by atoms with Gasteiger partial charge in [0.25, 0.3) is 5.92 Å². The van der Waals surface area contributed by atoms with Gasteiger partial charge in [-0.1, -0.05) is 12.1 Å². The van der Waals surface area contributed by atoms with Gasteiger partial charge in [-0.3, -0.25) is 10.1 Å². The van der Waals surface area contributed by atoms with Crippen molar-refractivity contribution in [2.24, 2.45) is 0 Å². The Kier molecular flexibility index (Phi) is 4.01. The van der Waals surface area contributed by atoms with Crippen LogP contribution in [0.15, 0.2) is 40.8 Å². The number of nitrogens with zero attached hydrogens (tertiary/aromatic N) is 1. The highest BCUT2D eigenvalue weighted by Crippen LogP contribution is 2.31. The van der Waals surface area contributed by atoms with E-state index in [9.17, 15) is 13.6 Å². The molecule has 1 unspecified atom stereocenters. The third-order valence-corrected chi connectivity index (χ3v) is 5.08. The molecule has 0 bridgehead atoms. The van der Waals surface area contributed by atoms with Crippen LogP contribution in [0.4, 0.5) is 8.78 Å². The largest absolute Gasteiger partial charge is 0.457 e. The number of aromatic nitrogens is 1. The molecule has 1 aromatic carbocycles. The molecule has 2 N–H and O–H groups in total. The summed E-state index contributed by atoms with van der Waals surface area (Å²) in [6, 6.07) is 10.5. The lowest BCUT2D eigenvalue weighted by molar-refractivity contribution is -0.123. The van der Waals surface area contributed by atoms with Gasteiger partial charge in [-0.05, 0) is 24.3 Å². The predicted octanol–water partition coefficient (Wildman–Crippen LogP) is 3.17. The Bertz CT molecular complexity index is 888. The lowest BCUT2D eigenvalue weighted by Crippen LogP contribution is -2.39. The molecule has 1 aliphatic heterocycles. The highest BCUT2D eigenvalue weighted by molar-refractivity contribution is 7.21. The van der Waals surface area contributed by atoms with E-state index in [1.807, 2.05) is 24.3 Å². The van der Waals surface area contributed by atoms with Gasteiger partial charge in [-0.15, -0.1) is 11.3 Å². The van der Waals surface area contributed by atoms with Crippen molar-refractivity contribution < 1.29 is 18.0 Å². The van der Waals surface area contributed by atoms with Crippen molar-refractivity contribution in [2.75, 3.05) is 6.54 Å². The third kappa shape index (κ3) is 3.40. The number of rotatable bonds is 4. The van der Waals surface area contributed by atoms with Gasteiger partial charge in [-0.25, -0.2) is 13.8 Å². The second-order valence-corrected chi connectivity index (χ2v) is 6.99. The van der Waals surface area contributed by atoms with E-state index in [4.69, 9.17) is 4.42 Å². The maximum Gasteiger partial charge on any atom is 0.262 e. The Labute approximate surface area is 146 Å². The van der Waals surface area contributed by atoms with Crippen molar-refractivity contribution in [3.8, 4) is 10.8 Å². The number of halogens is 2. The van der Waals surface area contributed by atoms with Crippen LogP contribution in [-0.4, -0.2) is 29.4 Å². The molecular formula is C17H15F2N3O2S. The minimum absolute atomic E-state index is 0.146. The highest BCUT2D eigenvalue weighted by atomic mass is 32.1. The fraction of sp³-hybridized carbons (Fsp3) is 0.294. The summed E-state index contributed by atoms with van der Waals surface area (Å²) in [7, 11) is 0. The van der Waals surface area contributed by atoms with E-state index in [1.165, 1.54) is 11.3 Å². The molecule has 1 atom stereocenters. The van der Waals surface area contributed by atoms with Crippen LogP contribution >= 0.6 is 11.3 Å². The van der Waals surface area contributed by atoms with Crippen molar-refractivity contribution in [1.29, 1.82) is 0 Å². The molecule has 0 saturated carbocycles. The number of amides is 1. The van der Waals surface area contributed by atoms with Gasteiger partial charge in [0.15, 0.2) is 10.8 Å². The third-order valence-electron chi connectivity index (χ3n) is 4.03. The quantitative estimate of drug-likeness (QED) is 0.747. The van der Waals surface area contributed by atoms with Crippen LogP contribution in [0.5, 0.6) is 0 Å². The van der Waals surface area contributed by atoms with E-state index >= 15 is 0 Å². The van der Waals surface area contributed by atoms with Crippen LogP contribution in [0, 0.1) is 0 Å². The zero-order valence-electron chi connectivity index (χ0n) is 13.1. The zero-order chi connectivity index (χ0) is 17.4. The van der Waals surface area contributed by atoms with Gasteiger partial charge in [0.2, 0.25) is 5.91 Å². The average Bonchev–Trinajstić information content (AvgIpc) is 3.29. The number of para-hydroxylation sites is 1. The molecule has 0 aliphatic carbocycles. The van der Waals surface area contributed by atoms with Crippen molar-refractivity contribution >= 4 is 27.5 Å². The van der Waals surface area contributed by atoms with Crippen molar-refractivity contribution in [1.82, 2.24) is 15.6 Å². The molecule has 1 saturated heterocycles. The topological polar surface area (TPSA) is 67.2 Å². The van der Waals surface area contributed by atoms with Crippen molar-refractivity contribution in [3.63, 3.8) is 0 Å². The Hall–Kier alpha value is -2.32. The number of nitrogens with one attached hydrogen (secondary N) is 2. The predicted molar refractivity (Wildman–Crippen MR) is 90.5 cm³/mol. The molecule has 3 aromatic rings. The summed E-state index contributed by atoms with van der Waals surface area (Å²) in [5, 5.41) is 5.91. The Morgan fingerprint density at radius 1 is 1.36 bits per heavy atom. The second-order valence-electron chi connectivity index (χ2n) is 5.96. The first-order valence-electron chi connectivity index (χ1n) is 7.84. The minimum Gasteiger partial charge on any atom is -0.457 e. The van der Waals surface area contributed by atoms with Crippen LogP contribution in [0.2, 0.25) is 0 Å². The molecule has 5 nitrogen and oxygen atoms in total. The summed E-state index contributed by atoms with van der Waals surface area (Å²) in [5.74, 6) is -2.11. The SMILES string of the molecule is O=C(NCc1ccc(-c2nc3ccccc3s2)o1)C1CC(F)(F)CN1. The van der Waals surface area contributed by atoms with Crippen LogP contribution in [0.3, 0.4) is 0 Å². The lowest BCUT2D eigenvalue weighted by Gasteiger charge is -2.10. The van der Waals surface area contributed by atoms with Gasteiger partial charge in [0.1, 0.15) is 5.76 Å².